The molecule has 0 spiro atoms. The lowest BCUT2D eigenvalue weighted by Gasteiger charge is -2.20. The van der Waals surface area contributed by atoms with E-state index in [0.717, 1.165) is 0 Å². The summed E-state index contributed by atoms with van der Waals surface area (Å²) in [5.41, 5.74) is -0.762. The first-order chi connectivity index (χ1) is 7.49. The van der Waals surface area contributed by atoms with E-state index in [2.05, 4.69) is 12.6 Å². The molecular formula is C9H8F3O2S2-. The fourth-order valence-corrected chi connectivity index (χ4v) is 2.44. The number of thiol groups is 1. The van der Waals surface area contributed by atoms with Crippen LogP contribution in [-0.4, -0.2) is 14.5 Å². The van der Waals surface area contributed by atoms with E-state index < -0.39 is 39.3 Å². The Morgan fingerprint density at radius 3 is 2.38 bits per heavy atom. The van der Waals surface area contributed by atoms with Crippen molar-refractivity contribution in [3.05, 3.63) is 35.1 Å². The van der Waals surface area contributed by atoms with Gasteiger partial charge < -0.3 is 4.55 Å². The first-order valence-corrected chi connectivity index (χ1v) is 6.08. The van der Waals surface area contributed by atoms with E-state index in [1.165, 1.54) is 0 Å². The van der Waals surface area contributed by atoms with Crippen molar-refractivity contribution in [2.45, 2.75) is 11.7 Å². The van der Waals surface area contributed by atoms with Crippen LogP contribution >= 0.6 is 12.6 Å². The molecule has 0 N–H and O–H groups in total. The molecule has 0 aliphatic heterocycles. The van der Waals surface area contributed by atoms with Gasteiger partial charge in [0.2, 0.25) is 0 Å². The third-order valence-corrected chi connectivity index (χ3v) is 3.22. The largest absolute Gasteiger partial charge is 0.772 e. The van der Waals surface area contributed by atoms with E-state index in [4.69, 9.17) is 0 Å². The van der Waals surface area contributed by atoms with Crippen LogP contribution in [0.2, 0.25) is 0 Å². The maximum atomic E-state index is 13.3. The highest BCUT2D eigenvalue weighted by molar-refractivity contribution is 7.80. The van der Waals surface area contributed by atoms with E-state index >= 15 is 0 Å². The molecule has 0 saturated carbocycles. The number of benzene rings is 1. The summed E-state index contributed by atoms with van der Waals surface area (Å²) in [5, 5.41) is -1.42. The molecule has 1 aromatic rings. The van der Waals surface area contributed by atoms with Crippen molar-refractivity contribution in [2.24, 2.45) is 0 Å². The molecule has 7 heteroatoms. The van der Waals surface area contributed by atoms with E-state index in [1.807, 2.05) is 0 Å². The molecule has 0 bridgehead atoms. The van der Waals surface area contributed by atoms with Gasteiger partial charge in [-0.15, -0.1) is 0 Å². The van der Waals surface area contributed by atoms with Crippen molar-refractivity contribution < 1.29 is 21.9 Å². The molecule has 16 heavy (non-hydrogen) atoms. The van der Waals surface area contributed by atoms with Crippen LogP contribution in [0.15, 0.2) is 12.1 Å². The van der Waals surface area contributed by atoms with E-state index in [-0.39, 0.29) is 12.2 Å². The minimum absolute atomic E-state index is 0.0868. The van der Waals surface area contributed by atoms with Gasteiger partial charge in [0.05, 0.1) is 5.25 Å². The molecule has 0 aliphatic rings. The summed E-state index contributed by atoms with van der Waals surface area (Å²) < 4.78 is 61.0. The smallest absolute Gasteiger partial charge is 0.166 e. The lowest BCUT2D eigenvalue weighted by atomic mass is 10.1. The lowest BCUT2D eigenvalue weighted by Crippen LogP contribution is -2.12. The zero-order valence-corrected chi connectivity index (χ0v) is 9.66. The minimum Gasteiger partial charge on any atom is -0.772 e. The first-order valence-electron chi connectivity index (χ1n) is 4.31. The predicted molar refractivity (Wildman–Crippen MR) is 56.4 cm³/mol. The quantitative estimate of drug-likeness (QED) is 0.518. The molecule has 0 heterocycles. The van der Waals surface area contributed by atoms with Crippen molar-refractivity contribution in [3.8, 4) is 0 Å². The SMILES string of the molecule is O=S([O-])C(CCS)c1c(F)ccc(F)c1F. The summed E-state index contributed by atoms with van der Waals surface area (Å²) in [6.45, 7) is 0. The Morgan fingerprint density at radius 2 is 1.88 bits per heavy atom. The molecule has 0 saturated heterocycles. The Morgan fingerprint density at radius 1 is 1.31 bits per heavy atom. The van der Waals surface area contributed by atoms with E-state index in [9.17, 15) is 21.9 Å². The molecule has 0 fully saturated rings. The standard InChI is InChI=1S/C9H9F3O2S2/c10-5-1-2-6(11)9(12)8(5)7(3-4-15)16(13)14/h1-2,7,15H,3-4H2,(H,13,14)/p-1. The molecule has 0 amide bonds. The van der Waals surface area contributed by atoms with Crippen molar-refractivity contribution in [3.63, 3.8) is 0 Å². The van der Waals surface area contributed by atoms with Crippen LogP contribution in [0.4, 0.5) is 13.2 Å². The fourth-order valence-electron chi connectivity index (χ4n) is 1.29. The van der Waals surface area contributed by atoms with Crippen LogP contribution in [0.1, 0.15) is 17.2 Å². The van der Waals surface area contributed by atoms with Crippen molar-refractivity contribution in [2.75, 3.05) is 5.75 Å². The highest BCUT2D eigenvalue weighted by Crippen LogP contribution is 2.29. The van der Waals surface area contributed by atoms with Gasteiger partial charge in [-0.2, -0.15) is 12.6 Å². The molecule has 90 valence electrons. The van der Waals surface area contributed by atoms with Gasteiger partial charge in [0.15, 0.2) is 11.6 Å². The minimum atomic E-state index is -2.73. The van der Waals surface area contributed by atoms with Gasteiger partial charge in [0.1, 0.15) is 5.82 Å². The van der Waals surface area contributed by atoms with Gasteiger partial charge in [0, 0.05) is 5.56 Å². The third-order valence-electron chi connectivity index (χ3n) is 2.03. The lowest BCUT2D eigenvalue weighted by molar-refractivity contribution is 0.466. The van der Waals surface area contributed by atoms with E-state index in [0.29, 0.717) is 12.1 Å². The predicted octanol–water partition coefficient (Wildman–Crippen LogP) is 2.34. The third kappa shape index (κ3) is 2.78. The molecule has 1 aromatic carbocycles. The number of halogens is 3. The second-order valence-corrected chi connectivity index (χ2v) is 4.56. The van der Waals surface area contributed by atoms with Crippen LogP contribution in [0.25, 0.3) is 0 Å². The highest BCUT2D eigenvalue weighted by Gasteiger charge is 2.23. The molecule has 1 rings (SSSR count). The second kappa shape index (κ2) is 5.70. The van der Waals surface area contributed by atoms with Gasteiger partial charge in [-0.3, -0.25) is 4.21 Å². The van der Waals surface area contributed by atoms with Crippen LogP contribution in [0.3, 0.4) is 0 Å². The number of rotatable bonds is 4. The number of hydrogen-bond acceptors (Lipinski definition) is 3. The Labute approximate surface area is 98.6 Å². The zero-order valence-electron chi connectivity index (χ0n) is 7.95. The van der Waals surface area contributed by atoms with Gasteiger partial charge in [-0.25, -0.2) is 13.2 Å². The Bertz CT molecular complexity index is 412. The maximum absolute atomic E-state index is 13.3. The molecule has 2 unspecified atom stereocenters. The summed E-state index contributed by atoms with van der Waals surface area (Å²) in [6, 6.07) is 1.31. The summed E-state index contributed by atoms with van der Waals surface area (Å²) in [6.07, 6.45) is -0.0868. The van der Waals surface area contributed by atoms with Crippen LogP contribution in [-0.2, 0) is 11.1 Å². The molecule has 2 atom stereocenters. The molecule has 2 nitrogen and oxygen atoms in total. The van der Waals surface area contributed by atoms with Crippen molar-refractivity contribution >= 4 is 23.7 Å². The van der Waals surface area contributed by atoms with Gasteiger partial charge in [-0.1, -0.05) is 0 Å². The van der Waals surface area contributed by atoms with Gasteiger partial charge >= 0.3 is 0 Å². The van der Waals surface area contributed by atoms with Crippen LogP contribution in [0.5, 0.6) is 0 Å². The normalized spacial score (nSPS) is 14.8. The van der Waals surface area contributed by atoms with Crippen molar-refractivity contribution in [1.82, 2.24) is 0 Å². The van der Waals surface area contributed by atoms with Crippen molar-refractivity contribution in [1.29, 1.82) is 0 Å². The molecule has 0 radical (unpaired) electrons. The average Bonchev–Trinajstić information content (AvgIpc) is 2.22. The Hall–Kier alpha value is -0.530. The Balaban J connectivity index is 3.28. The summed E-state index contributed by atoms with van der Waals surface area (Å²) in [5.74, 6) is -3.69. The number of hydrogen-bond donors (Lipinski definition) is 1. The molecule has 0 aliphatic carbocycles. The summed E-state index contributed by atoms with van der Waals surface area (Å²) >= 11 is 1.06. The first kappa shape index (κ1) is 13.5. The monoisotopic (exact) mass is 269 g/mol. The summed E-state index contributed by atoms with van der Waals surface area (Å²) in [4.78, 5) is 0. The van der Waals surface area contributed by atoms with Crippen LogP contribution < -0.4 is 0 Å². The molecule has 0 aromatic heterocycles. The van der Waals surface area contributed by atoms with E-state index in [1.54, 1.807) is 0 Å². The average molecular weight is 269 g/mol. The zero-order chi connectivity index (χ0) is 12.3. The summed E-state index contributed by atoms with van der Waals surface area (Å²) in [7, 11) is 0. The Kier molecular flexibility index (Phi) is 4.82. The second-order valence-electron chi connectivity index (χ2n) is 3.02. The fraction of sp³-hybridized carbons (Fsp3) is 0.333. The van der Waals surface area contributed by atoms with Gasteiger partial charge in [-0.05, 0) is 35.4 Å². The molecular weight excluding hydrogens is 261 g/mol. The topological polar surface area (TPSA) is 40.1 Å². The maximum Gasteiger partial charge on any atom is 0.166 e. The van der Waals surface area contributed by atoms with Gasteiger partial charge in [0.25, 0.3) is 0 Å². The highest BCUT2D eigenvalue weighted by atomic mass is 32.2. The van der Waals surface area contributed by atoms with Crippen LogP contribution in [0, 0.1) is 17.5 Å².